The Morgan fingerprint density at radius 1 is 1.43 bits per heavy atom. The molecule has 0 aromatic heterocycles. The first kappa shape index (κ1) is 16.1. The maximum absolute atomic E-state index is 13.1. The second kappa shape index (κ2) is 4.88. The molecule has 0 radical (unpaired) electrons. The lowest BCUT2D eigenvalue weighted by molar-refractivity contribution is -0.227. The van der Waals surface area contributed by atoms with Crippen molar-refractivity contribution in [3.63, 3.8) is 0 Å². The van der Waals surface area contributed by atoms with Crippen LogP contribution in [-0.4, -0.2) is 30.3 Å². The highest BCUT2D eigenvalue weighted by Gasteiger charge is 2.69. The largest absolute Gasteiger partial charge is 0.458 e. The highest BCUT2D eigenvalue weighted by molar-refractivity contribution is 5.81. The van der Waals surface area contributed by atoms with E-state index in [1.54, 1.807) is 13.8 Å². The van der Waals surface area contributed by atoms with E-state index in [0.29, 0.717) is 6.42 Å². The van der Waals surface area contributed by atoms with Gasteiger partial charge in [0, 0.05) is 6.42 Å². The molecule has 2 rings (SSSR count). The SMILES string of the molecule is CCC(C)(C)C(=O)OC1CCC2(C(F)(F)F)CC1OC2=O. The highest BCUT2D eigenvalue weighted by atomic mass is 19.4. The molecule has 2 aliphatic rings. The molecule has 120 valence electrons. The molecule has 21 heavy (non-hydrogen) atoms. The van der Waals surface area contributed by atoms with E-state index < -0.39 is 54.0 Å². The van der Waals surface area contributed by atoms with E-state index in [4.69, 9.17) is 9.47 Å². The second-order valence-corrected chi connectivity index (χ2v) is 6.45. The predicted molar refractivity (Wildman–Crippen MR) is 66.2 cm³/mol. The maximum atomic E-state index is 13.1. The number of carbonyl (C=O) groups excluding carboxylic acids is 2. The molecule has 1 saturated carbocycles. The van der Waals surface area contributed by atoms with Gasteiger partial charge in [0.25, 0.3) is 0 Å². The zero-order valence-corrected chi connectivity index (χ0v) is 12.3. The Balaban J connectivity index is 2.10. The minimum Gasteiger partial charge on any atom is -0.458 e. The van der Waals surface area contributed by atoms with Crippen LogP contribution in [-0.2, 0) is 19.1 Å². The molecule has 3 unspecified atom stereocenters. The topological polar surface area (TPSA) is 52.6 Å². The maximum Gasteiger partial charge on any atom is 0.405 e. The number of halogens is 3. The van der Waals surface area contributed by atoms with Crippen molar-refractivity contribution in [3.05, 3.63) is 0 Å². The van der Waals surface area contributed by atoms with E-state index in [9.17, 15) is 22.8 Å². The summed E-state index contributed by atoms with van der Waals surface area (Å²) in [6.45, 7) is 5.24. The van der Waals surface area contributed by atoms with Crippen LogP contribution in [0, 0.1) is 10.8 Å². The number of carbonyl (C=O) groups is 2. The number of hydrogen-bond acceptors (Lipinski definition) is 4. The van der Waals surface area contributed by atoms with Crippen molar-refractivity contribution in [2.75, 3.05) is 0 Å². The van der Waals surface area contributed by atoms with Crippen molar-refractivity contribution in [1.82, 2.24) is 0 Å². The summed E-state index contributed by atoms with van der Waals surface area (Å²) in [5.41, 5.74) is -3.12. The number of hydrogen-bond donors (Lipinski definition) is 0. The smallest absolute Gasteiger partial charge is 0.405 e. The van der Waals surface area contributed by atoms with Crippen LogP contribution >= 0.6 is 0 Å². The van der Waals surface area contributed by atoms with Crippen molar-refractivity contribution < 1.29 is 32.2 Å². The van der Waals surface area contributed by atoms with Crippen molar-refractivity contribution in [2.24, 2.45) is 10.8 Å². The van der Waals surface area contributed by atoms with Crippen LogP contribution in [0.25, 0.3) is 0 Å². The fourth-order valence-electron chi connectivity index (χ4n) is 2.65. The number of alkyl halides is 3. The van der Waals surface area contributed by atoms with Gasteiger partial charge in [-0.15, -0.1) is 0 Å². The number of rotatable bonds is 3. The molecule has 0 spiro atoms. The van der Waals surface area contributed by atoms with E-state index in [1.807, 2.05) is 6.92 Å². The Morgan fingerprint density at radius 2 is 2.05 bits per heavy atom. The van der Waals surface area contributed by atoms with Gasteiger partial charge in [-0.1, -0.05) is 6.92 Å². The first-order valence-electron chi connectivity index (χ1n) is 7.02. The monoisotopic (exact) mass is 308 g/mol. The van der Waals surface area contributed by atoms with Gasteiger partial charge in [0.05, 0.1) is 5.41 Å². The molecule has 0 aromatic carbocycles. The summed E-state index contributed by atoms with van der Waals surface area (Å²) in [5.74, 6) is -1.72. The van der Waals surface area contributed by atoms with Gasteiger partial charge in [0.2, 0.25) is 0 Å². The summed E-state index contributed by atoms with van der Waals surface area (Å²) >= 11 is 0. The Bertz CT molecular complexity index is 458. The molecular formula is C14H19F3O4. The molecule has 0 aromatic rings. The van der Waals surface area contributed by atoms with Crippen molar-refractivity contribution in [3.8, 4) is 0 Å². The van der Waals surface area contributed by atoms with Gasteiger partial charge in [-0.3, -0.25) is 9.59 Å². The van der Waals surface area contributed by atoms with Crippen LogP contribution in [0.5, 0.6) is 0 Å². The van der Waals surface area contributed by atoms with Gasteiger partial charge >= 0.3 is 18.1 Å². The average Bonchev–Trinajstić information content (AvgIpc) is 2.66. The van der Waals surface area contributed by atoms with Crippen LogP contribution < -0.4 is 0 Å². The molecule has 0 amide bonds. The molecule has 1 heterocycles. The minimum absolute atomic E-state index is 0.0124. The summed E-state index contributed by atoms with van der Waals surface area (Å²) in [6, 6.07) is 0. The normalized spacial score (nSPS) is 32.8. The molecule has 1 aliphatic carbocycles. The Labute approximate surface area is 121 Å². The molecule has 1 aliphatic heterocycles. The first-order chi connectivity index (χ1) is 9.53. The van der Waals surface area contributed by atoms with Gasteiger partial charge in [-0.25, -0.2) is 0 Å². The molecule has 4 nitrogen and oxygen atoms in total. The van der Waals surface area contributed by atoms with E-state index in [2.05, 4.69) is 0 Å². The van der Waals surface area contributed by atoms with Crippen LogP contribution in [0.1, 0.15) is 46.5 Å². The van der Waals surface area contributed by atoms with Gasteiger partial charge in [0.1, 0.15) is 12.2 Å². The van der Waals surface area contributed by atoms with E-state index >= 15 is 0 Å². The third-order valence-electron chi connectivity index (χ3n) is 4.71. The lowest BCUT2D eigenvalue weighted by Crippen LogP contribution is -2.46. The number of esters is 2. The zero-order valence-electron chi connectivity index (χ0n) is 12.3. The summed E-state index contributed by atoms with van der Waals surface area (Å²) in [4.78, 5) is 23.6. The Hall–Kier alpha value is -1.27. The lowest BCUT2D eigenvalue weighted by Gasteiger charge is -2.34. The molecular weight excluding hydrogens is 289 g/mol. The summed E-state index contributed by atoms with van der Waals surface area (Å²) in [6.07, 6.45) is -6.72. The Kier molecular flexibility index (Phi) is 3.74. The van der Waals surface area contributed by atoms with Gasteiger partial charge < -0.3 is 9.47 Å². The lowest BCUT2D eigenvalue weighted by atomic mass is 9.73. The summed E-state index contributed by atoms with van der Waals surface area (Å²) in [7, 11) is 0. The first-order valence-corrected chi connectivity index (χ1v) is 7.02. The fraction of sp³-hybridized carbons (Fsp3) is 0.857. The van der Waals surface area contributed by atoms with Crippen molar-refractivity contribution in [2.45, 2.75) is 64.8 Å². The molecule has 1 saturated heterocycles. The molecule has 2 fully saturated rings. The van der Waals surface area contributed by atoms with Crippen molar-refractivity contribution in [1.29, 1.82) is 0 Å². The highest BCUT2D eigenvalue weighted by Crippen LogP contribution is 2.55. The van der Waals surface area contributed by atoms with Crippen LogP contribution in [0.2, 0.25) is 0 Å². The zero-order chi connectivity index (χ0) is 16.1. The van der Waals surface area contributed by atoms with Gasteiger partial charge in [0.15, 0.2) is 5.41 Å². The van der Waals surface area contributed by atoms with Gasteiger partial charge in [-0.2, -0.15) is 13.2 Å². The average molecular weight is 308 g/mol. The Morgan fingerprint density at radius 3 is 2.57 bits per heavy atom. The summed E-state index contributed by atoms with van der Waals surface area (Å²) < 4.78 is 49.4. The summed E-state index contributed by atoms with van der Waals surface area (Å²) in [5, 5.41) is 0. The van der Waals surface area contributed by atoms with E-state index in [1.165, 1.54) is 0 Å². The fourth-order valence-corrected chi connectivity index (χ4v) is 2.65. The minimum atomic E-state index is -4.63. The number of ether oxygens (including phenoxy) is 2. The second-order valence-electron chi connectivity index (χ2n) is 6.45. The third-order valence-corrected chi connectivity index (χ3v) is 4.71. The van der Waals surface area contributed by atoms with Crippen LogP contribution in [0.3, 0.4) is 0 Å². The molecule has 0 N–H and O–H groups in total. The van der Waals surface area contributed by atoms with Gasteiger partial charge in [-0.05, 0) is 33.1 Å². The molecule has 7 heteroatoms. The third kappa shape index (κ3) is 2.51. The predicted octanol–water partition coefficient (Wildman–Crippen LogP) is 2.99. The molecule has 3 atom stereocenters. The van der Waals surface area contributed by atoms with Crippen molar-refractivity contribution >= 4 is 11.9 Å². The number of fused-ring (bicyclic) bond motifs is 2. The van der Waals surface area contributed by atoms with Crippen LogP contribution in [0.4, 0.5) is 13.2 Å². The van der Waals surface area contributed by atoms with E-state index in [0.717, 1.165) is 0 Å². The van der Waals surface area contributed by atoms with Crippen LogP contribution in [0.15, 0.2) is 0 Å². The quantitative estimate of drug-likeness (QED) is 0.752. The molecule has 2 bridgehead atoms. The van der Waals surface area contributed by atoms with E-state index in [-0.39, 0.29) is 6.42 Å². The standard InChI is InChI=1S/C14H19F3O4/c1-4-12(2,3)10(18)20-8-5-6-13(14(15,16)17)7-9(8)21-11(13)19/h8-9H,4-7H2,1-3H3.